The SMILES string of the molecule is C/C=C/C(=O)Nc1ccc(Br)c2ccccc12. The van der Waals surface area contributed by atoms with Gasteiger partial charge in [-0.1, -0.05) is 46.3 Å². The molecule has 3 heteroatoms. The summed E-state index contributed by atoms with van der Waals surface area (Å²) in [6.07, 6.45) is 3.23. The van der Waals surface area contributed by atoms with Crippen molar-refractivity contribution in [2.75, 3.05) is 5.32 Å². The van der Waals surface area contributed by atoms with E-state index >= 15 is 0 Å². The van der Waals surface area contributed by atoms with E-state index in [1.807, 2.05) is 43.3 Å². The van der Waals surface area contributed by atoms with Gasteiger partial charge >= 0.3 is 0 Å². The van der Waals surface area contributed by atoms with Crippen LogP contribution in [0, 0.1) is 0 Å². The van der Waals surface area contributed by atoms with E-state index in [-0.39, 0.29) is 5.91 Å². The van der Waals surface area contributed by atoms with Gasteiger partial charge in [0.05, 0.1) is 0 Å². The summed E-state index contributed by atoms with van der Waals surface area (Å²) in [4.78, 5) is 11.5. The molecule has 0 fully saturated rings. The summed E-state index contributed by atoms with van der Waals surface area (Å²) in [6, 6.07) is 11.8. The molecule has 0 radical (unpaired) electrons. The third-order valence-electron chi connectivity index (χ3n) is 2.45. The van der Waals surface area contributed by atoms with Crippen LogP contribution in [0.25, 0.3) is 10.8 Å². The van der Waals surface area contributed by atoms with Gasteiger partial charge in [-0.2, -0.15) is 0 Å². The highest BCUT2D eigenvalue weighted by atomic mass is 79.9. The molecule has 0 saturated carbocycles. The number of allylic oxidation sites excluding steroid dienone is 1. The Hall–Kier alpha value is -1.61. The molecular formula is C14H12BrNO. The number of halogens is 1. The van der Waals surface area contributed by atoms with Crippen molar-refractivity contribution in [2.45, 2.75) is 6.92 Å². The third kappa shape index (κ3) is 2.56. The van der Waals surface area contributed by atoms with Gasteiger partial charge in [-0.15, -0.1) is 0 Å². The Labute approximate surface area is 108 Å². The number of hydrogen-bond acceptors (Lipinski definition) is 1. The number of fused-ring (bicyclic) bond motifs is 1. The van der Waals surface area contributed by atoms with Crippen LogP contribution in [0.15, 0.2) is 53.0 Å². The summed E-state index contributed by atoms with van der Waals surface area (Å²) in [6.45, 7) is 1.82. The molecule has 0 aliphatic heterocycles. The average Bonchev–Trinajstić information content (AvgIpc) is 2.34. The van der Waals surface area contributed by atoms with E-state index in [1.165, 1.54) is 6.08 Å². The zero-order valence-electron chi connectivity index (χ0n) is 9.41. The molecule has 0 saturated heterocycles. The molecule has 0 aromatic heterocycles. The second-order valence-corrected chi connectivity index (χ2v) is 4.48. The molecule has 0 bridgehead atoms. The molecule has 0 aliphatic rings. The predicted molar refractivity (Wildman–Crippen MR) is 75.1 cm³/mol. The van der Waals surface area contributed by atoms with Crippen molar-refractivity contribution < 1.29 is 4.79 Å². The number of carbonyl (C=O) groups is 1. The van der Waals surface area contributed by atoms with E-state index in [2.05, 4.69) is 21.2 Å². The van der Waals surface area contributed by atoms with Gasteiger partial charge in [0.15, 0.2) is 0 Å². The number of amides is 1. The van der Waals surface area contributed by atoms with E-state index in [1.54, 1.807) is 6.08 Å². The van der Waals surface area contributed by atoms with Gasteiger partial charge in [-0.05, 0) is 30.5 Å². The second kappa shape index (κ2) is 5.15. The molecule has 0 unspecified atom stereocenters. The number of nitrogens with one attached hydrogen (secondary N) is 1. The van der Waals surface area contributed by atoms with Crippen molar-refractivity contribution >= 4 is 38.3 Å². The van der Waals surface area contributed by atoms with Crippen LogP contribution in [0.3, 0.4) is 0 Å². The largest absolute Gasteiger partial charge is 0.322 e. The lowest BCUT2D eigenvalue weighted by Gasteiger charge is -2.08. The fourth-order valence-corrected chi connectivity index (χ4v) is 2.17. The molecule has 2 nitrogen and oxygen atoms in total. The maximum absolute atomic E-state index is 11.5. The number of anilines is 1. The van der Waals surface area contributed by atoms with E-state index in [9.17, 15) is 4.79 Å². The van der Waals surface area contributed by atoms with Gasteiger partial charge in [0.2, 0.25) is 5.91 Å². The maximum atomic E-state index is 11.5. The van der Waals surface area contributed by atoms with Crippen molar-refractivity contribution in [3.8, 4) is 0 Å². The van der Waals surface area contributed by atoms with E-state index in [0.717, 1.165) is 20.9 Å². The molecule has 0 aliphatic carbocycles. The highest BCUT2D eigenvalue weighted by Gasteiger charge is 2.05. The lowest BCUT2D eigenvalue weighted by atomic mass is 10.1. The van der Waals surface area contributed by atoms with Crippen LogP contribution in [0.2, 0.25) is 0 Å². The summed E-state index contributed by atoms with van der Waals surface area (Å²) in [7, 11) is 0. The Balaban J connectivity index is 2.48. The topological polar surface area (TPSA) is 29.1 Å². The van der Waals surface area contributed by atoms with Gasteiger partial charge in [0.25, 0.3) is 0 Å². The molecule has 1 amide bonds. The fourth-order valence-electron chi connectivity index (χ4n) is 1.70. The molecule has 2 rings (SSSR count). The maximum Gasteiger partial charge on any atom is 0.248 e. The molecule has 0 spiro atoms. The van der Waals surface area contributed by atoms with E-state index < -0.39 is 0 Å². The Bertz CT molecular complexity index is 590. The first kappa shape index (κ1) is 11.9. The zero-order chi connectivity index (χ0) is 12.3. The van der Waals surface area contributed by atoms with Crippen LogP contribution >= 0.6 is 15.9 Å². The van der Waals surface area contributed by atoms with Crippen molar-refractivity contribution in [1.29, 1.82) is 0 Å². The van der Waals surface area contributed by atoms with Gasteiger partial charge in [-0.3, -0.25) is 4.79 Å². The van der Waals surface area contributed by atoms with E-state index in [4.69, 9.17) is 0 Å². The Kier molecular flexibility index (Phi) is 3.59. The van der Waals surface area contributed by atoms with Gasteiger partial charge < -0.3 is 5.32 Å². The summed E-state index contributed by atoms with van der Waals surface area (Å²) < 4.78 is 1.03. The first-order valence-corrected chi connectivity index (χ1v) is 6.12. The third-order valence-corrected chi connectivity index (χ3v) is 3.14. The average molecular weight is 290 g/mol. The first-order valence-electron chi connectivity index (χ1n) is 5.33. The second-order valence-electron chi connectivity index (χ2n) is 3.63. The highest BCUT2D eigenvalue weighted by molar-refractivity contribution is 9.10. The summed E-state index contributed by atoms with van der Waals surface area (Å²) in [5.74, 6) is -0.111. The normalized spacial score (nSPS) is 10.9. The zero-order valence-corrected chi connectivity index (χ0v) is 11.0. The number of carbonyl (C=O) groups excluding carboxylic acids is 1. The summed E-state index contributed by atoms with van der Waals surface area (Å²) in [5, 5.41) is 4.98. The number of benzene rings is 2. The van der Waals surface area contributed by atoms with Crippen molar-refractivity contribution in [1.82, 2.24) is 0 Å². The van der Waals surface area contributed by atoms with Crippen molar-refractivity contribution in [2.24, 2.45) is 0 Å². The van der Waals surface area contributed by atoms with Crippen molar-refractivity contribution in [3.05, 3.63) is 53.0 Å². The van der Waals surface area contributed by atoms with Crippen LogP contribution in [0.4, 0.5) is 5.69 Å². The quantitative estimate of drug-likeness (QED) is 0.828. The molecular weight excluding hydrogens is 278 g/mol. The first-order chi connectivity index (χ1) is 8.22. The van der Waals surface area contributed by atoms with Crippen molar-refractivity contribution in [3.63, 3.8) is 0 Å². The molecule has 86 valence electrons. The molecule has 2 aromatic carbocycles. The minimum atomic E-state index is -0.111. The molecule has 1 N–H and O–H groups in total. The minimum Gasteiger partial charge on any atom is -0.322 e. The standard InChI is InChI=1S/C14H12BrNO/c1-2-5-14(17)16-13-9-8-12(15)10-6-3-4-7-11(10)13/h2-9H,1H3,(H,16,17)/b5-2+. The van der Waals surface area contributed by atoms with Gasteiger partial charge in [0, 0.05) is 15.5 Å². The van der Waals surface area contributed by atoms with Crippen LogP contribution < -0.4 is 5.32 Å². The lowest BCUT2D eigenvalue weighted by Crippen LogP contribution is -2.07. The molecule has 0 heterocycles. The molecule has 0 atom stereocenters. The van der Waals surface area contributed by atoms with Crippen LogP contribution in [0.5, 0.6) is 0 Å². The monoisotopic (exact) mass is 289 g/mol. The minimum absolute atomic E-state index is 0.111. The summed E-state index contributed by atoms with van der Waals surface area (Å²) in [5.41, 5.74) is 0.826. The Morgan fingerprint density at radius 1 is 1.18 bits per heavy atom. The number of hydrogen-bond donors (Lipinski definition) is 1. The molecule has 17 heavy (non-hydrogen) atoms. The predicted octanol–water partition coefficient (Wildman–Crippen LogP) is 4.12. The van der Waals surface area contributed by atoms with Crippen LogP contribution in [-0.2, 0) is 4.79 Å². The fraction of sp³-hybridized carbons (Fsp3) is 0.0714. The lowest BCUT2D eigenvalue weighted by molar-refractivity contribution is -0.111. The van der Waals surface area contributed by atoms with Gasteiger partial charge in [0.1, 0.15) is 0 Å². The van der Waals surface area contributed by atoms with E-state index in [0.29, 0.717) is 0 Å². The summed E-state index contributed by atoms with van der Waals surface area (Å²) >= 11 is 3.50. The van der Waals surface area contributed by atoms with Crippen LogP contribution in [0.1, 0.15) is 6.92 Å². The Morgan fingerprint density at radius 3 is 2.59 bits per heavy atom. The smallest absolute Gasteiger partial charge is 0.248 e. The Morgan fingerprint density at radius 2 is 1.88 bits per heavy atom. The highest BCUT2D eigenvalue weighted by Crippen LogP contribution is 2.29. The number of rotatable bonds is 2. The van der Waals surface area contributed by atoms with Gasteiger partial charge in [-0.25, -0.2) is 0 Å². The van der Waals surface area contributed by atoms with Crippen LogP contribution in [-0.4, -0.2) is 5.91 Å². The molecule has 2 aromatic rings.